The van der Waals surface area contributed by atoms with Gasteiger partial charge in [-0.25, -0.2) is 0 Å². The van der Waals surface area contributed by atoms with Gasteiger partial charge in [0.1, 0.15) is 6.04 Å². The quantitative estimate of drug-likeness (QED) is 0.0932. The van der Waals surface area contributed by atoms with Crippen LogP contribution in [0.15, 0.2) is 0 Å². The largest absolute Gasteiger partial charge is 0.370 e. The van der Waals surface area contributed by atoms with Gasteiger partial charge in [0.25, 0.3) is 0 Å². The fourth-order valence-corrected chi connectivity index (χ4v) is 3.17. The van der Waals surface area contributed by atoms with Crippen molar-refractivity contribution in [3.8, 4) is 0 Å². The first kappa shape index (κ1) is 31.9. The number of primary amides is 1. The van der Waals surface area contributed by atoms with E-state index in [0.717, 1.165) is 6.42 Å². The Morgan fingerprint density at radius 2 is 1.37 bits per heavy atom. The maximum Gasteiger partial charge on any atom is 0.243 e. The Morgan fingerprint density at radius 1 is 0.816 bits per heavy atom. The van der Waals surface area contributed by atoms with Crippen molar-refractivity contribution in [1.29, 1.82) is 0 Å². The number of Topliss-reactive ketones (excluding diaryl/α,β-unsaturated/α-hetero) is 1. The molecule has 16 heteroatoms. The van der Waals surface area contributed by atoms with Crippen molar-refractivity contribution in [3.05, 3.63) is 0 Å². The second kappa shape index (κ2) is 16.6. The standard InChI is InChI=1S/C22H36N8O8/c1-12(13(2)31)29-19(35)10-26-17(33)8-25-18(34)9-27-22(38)15(5-6-16(23)32)30-20(36)11-28-21(37)14-4-3-7-24-14/h12,14-15,24H,3-11H2,1-2H3,(H2,23,32)(H,25,34)(H,26,33)(H,27,38)(H,28,37)(H,29,35)(H,30,36). The van der Waals surface area contributed by atoms with Gasteiger partial charge in [-0.1, -0.05) is 0 Å². The van der Waals surface area contributed by atoms with E-state index in [-0.39, 0.29) is 30.6 Å². The summed E-state index contributed by atoms with van der Waals surface area (Å²) in [7, 11) is 0. The highest BCUT2D eigenvalue weighted by atomic mass is 16.2. The Labute approximate surface area is 219 Å². The number of amides is 7. The van der Waals surface area contributed by atoms with Gasteiger partial charge >= 0.3 is 0 Å². The number of carbonyl (C=O) groups excluding carboxylic acids is 8. The zero-order chi connectivity index (χ0) is 28.7. The number of hydrogen-bond donors (Lipinski definition) is 8. The summed E-state index contributed by atoms with van der Waals surface area (Å²) in [6, 6.07) is -2.29. The zero-order valence-electron chi connectivity index (χ0n) is 21.4. The molecule has 1 fully saturated rings. The summed E-state index contributed by atoms with van der Waals surface area (Å²) in [5.41, 5.74) is 5.12. The monoisotopic (exact) mass is 540 g/mol. The Bertz CT molecular complexity index is 919. The van der Waals surface area contributed by atoms with E-state index < -0.39 is 73.7 Å². The predicted octanol–water partition coefficient (Wildman–Crippen LogP) is -4.95. The number of nitrogens with two attached hydrogens (primary N) is 1. The van der Waals surface area contributed by atoms with Crippen LogP contribution in [0.5, 0.6) is 0 Å². The van der Waals surface area contributed by atoms with Gasteiger partial charge in [-0.2, -0.15) is 0 Å². The third-order valence-corrected chi connectivity index (χ3v) is 5.43. The molecule has 0 saturated carbocycles. The molecule has 0 aliphatic carbocycles. The summed E-state index contributed by atoms with van der Waals surface area (Å²) in [5.74, 6) is -4.76. The molecule has 1 saturated heterocycles. The minimum Gasteiger partial charge on any atom is -0.370 e. The molecule has 0 aromatic carbocycles. The van der Waals surface area contributed by atoms with Crippen molar-refractivity contribution in [2.45, 2.75) is 57.7 Å². The summed E-state index contributed by atoms with van der Waals surface area (Å²) in [4.78, 5) is 94.4. The summed E-state index contributed by atoms with van der Waals surface area (Å²) in [6.07, 6.45) is 1.13. The molecule has 0 bridgehead atoms. The maximum atomic E-state index is 12.5. The molecule has 7 amide bonds. The van der Waals surface area contributed by atoms with E-state index in [1.807, 2.05) is 0 Å². The summed E-state index contributed by atoms with van der Waals surface area (Å²) < 4.78 is 0. The molecule has 1 aliphatic rings. The van der Waals surface area contributed by atoms with Crippen LogP contribution in [0.25, 0.3) is 0 Å². The normalized spacial score (nSPS) is 15.8. The molecule has 1 heterocycles. The van der Waals surface area contributed by atoms with Gasteiger partial charge in [0, 0.05) is 6.42 Å². The molecule has 0 aromatic heterocycles. The van der Waals surface area contributed by atoms with Gasteiger partial charge in [0.05, 0.1) is 38.3 Å². The van der Waals surface area contributed by atoms with Crippen molar-refractivity contribution in [1.82, 2.24) is 37.2 Å². The van der Waals surface area contributed by atoms with Crippen molar-refractivity contribution < 1.29 is 38.4 Å². The van der Waals surface area contributed by atoms with Crippen LogP contribution in [0.4, 0.5) is 0 Å². The van der Waals surface area contributed by atoms with Crippen LogP contribution in [-0.4, -0.2) is 98.0 Å². The van der Waals surface area contributed by atoms with Gasteiger partial charge in [0.2, 0.25) is 41.4 Å². The van der Waals surface area contributed by atoms with E-state index in [2.05, 4.69) is 37.2 Å². The molecule has 0 aromatic rings. The third-order valence-electron chi connectivity index (χ3n) is 5.43. The molecule has 3 atom stereocenters. The van der Waals surface area contributed by atoms with E-state index in [1.54, 1.807) is 0 Å². The SMILES string of the molecule is CC(=O)C(C)NC(=O)CNC(=O)CNC(=O)CNC(=O)C(CCC(N)=O)NC(=O)CNC(=O)C1CCCN1. The topological polar surface area (TPSA) is 247 Å². The average Bonchev–Trinajstić information content (AvgIpc) is 3.40. The first-order valence-corrected chi connectivity index (χ1v) is 12.1. The highest BCUT2D eigenvalue weighted by molar-refractivity contribution is 5.94. The number of ketones is 1. The highest BCUT2D eigenvalue weighted by Gasteiger charge is 2.25. The second-order valence-corrected chi connectivity index (χ2v) is 8.66. The lowest BCUT2D eigenvalue weighted by atomic mass is 10.1. The highest BCUT2D eigenvalue weighted by Crippen LogP contribution is 2.04. The van der Waals surface area contributed by atoms with Crippen LogP contribution >= 0.6 is 0 Å². The Morgan fingerprint density at radius 3 is 1.92 bits per heavy atom. The Kier molecular flexibility index (Phi) is 14.0. The van der Waals surface area contributed by atoms with E-state index in [9.17, 15) is 38.4 Å². The van der Waals surface area contributed by atoms with Gasteiger partial charge < -0.3 is 43.0 Å². The molecule has 38 heavy (non-hydrogen) atoms. The van der Waals surface area contributed by atoms with Crippen LogP contribution in [0, 0.1) is 0 Å². The van der Waals surface area contributed by atoms with Gasteiger partial charge in [-0.15, -0.1) is 0 Å². The molecule has 1 rings (SSSR count). The predicted molar refractivity (Wildman–Crippen MR) is 132 cm³/mol. The van der Waals surface area contributed by atoms with E-state index in [0.29, 0.717) is 13.0 Å². The fourth-order valence-electron chi connectivity index (χ4n) is 3.17. The number of rotatable bonds is 16. The molecule has 3 unspecified atom stereocenters. The lowest BCUT2D eigenvalue weighted by Crippen LogP contribution is -2.52. The van der Waals surface area contributed by atoms with Gasteiger partial charge in [-0.05, 0) is 39.7 Å². The number of nitrogens with one attached hydrogen (secondary N) is 7. The third kappa shape index (κ3) is 13.3. The van der Waals surface area contributed by atoms with Gasteiger partial charge in [-0.3, -0.25) is 38.4 Å². The molecule has 212 valence electrons. The number of carbonyl (C=O) groups is 8. The average molecular weight is 541 g/mol. The minimum atomic E-state index is -1.21. The zero-order valence-corrected chi connectivity index (χ0v) is 21.4. The van der Waals surface area contributed by atoms with Crippen LogP contribution in [0.3, 0.4) is 0 Å². The second-order valence-electron chi connectivity index (χ2n) is 8.66. The van der Waals surface area contributed by atoms with Crippen LogP contribution in [0.2, 0.25) is 0 Å². The molecule has 1 aliphatic heterocycles. The van der Waals surface area contributed by atoms with Gasteiger partial charge in [0.15, 0.2) is 5.78 Å². The first-order valence-electron chi connectivity index (χ1n) is 12.1. The molecule has 16 nitrogen and oxygen atoms in total. The minimum absolute atomic E-state index is 0.140. The molecular weight excluding hydrogens is 504 g/mol. The van der Waals surface area contributed by atoms with E-state index in [4.69, 9.17) is 5.73 Å². The van der Waals surface area contributed by atoms with Crippen LogP contribution < -0.4 is 43.0 Å². The number of hydrogen-bond acceptors (Lipinski definition) is 9. The van der Waals surface area contributed by atoms with E-state index in [1.165, 1.54) is 13.8 Å². The lowest BCUT2D eigenvalue weighted by Gasteiger charge is -2.18. The van der Waals surface area contributed by atoms with Crippen molar-refractivity contribution in [2.24, 2.45) is 5.73 Å². The Balaban J connectivity index is 2.42. The Hall–Kier alpha value is -4.08. The summed E-state index contributed by atoms with van der Waals surface area (Å²) >= 11 is 0. The van der Waals surface area contributed by atoms with Crippen LogP contribution in [-0.2, 0) is 38.4 Å². The van der Waals surface area contributed by atoms with Crippen molar-refractivity contribution in [3.63, 3.8) is 0 Å². The first-order chi connectivity index (χ1) is 17.9. The molecule has 9 N–H and O–H groups in total. The smallest absolute Gasteiger partial charge is 0.243 e. The van der Waals surface area contributed by atoms with Crippen LogP contribution in [0.1, 0.15) is 39.5 Å². The fraction of sp³-hybridized carbons (Fsp3) is 0.636. The molecule has 0 radical (unpaired) electrons. The summed E-state index contributed by atoms with van der Waals surface area (Å²) in [5, 5.41) is 17.0. The van der Waals surface area contributed by atoms with Crippen molar-refractivity contribution >= 4 is 47.1 Å². The maximum absolute atomic E-state index is 12.5. The molecule has 0 spiro atoms. The lowest BCUT2D eigenvalue weighted by molar-refractivity contribution is -0.131. The molecular formula is C22H36N8O8. The van der Waals surface area contributed by atoms with Crippen molar-refractivity contribution in [2.75, 3.05) is 32.7 Å². The summed E-state index contributed by atoms with van der Waals surface area (Å²) in [6.45, 7) is 1.68. The van der Waals surface area contributed by atoms with E-state index >= 15 is 0 Å².